The number of hydrogen-bond donors (Lipinski definition) is 2. The average molecular weight is 223 g/mol. The Hall–Kier alpha value is -1.08. The summed E-state index contributed by atoms with van der Waals surface area (Å²) in [6, 6.07) is 2.50. The SMILES string of the molecule is CC1CCC(NCC(=O)NCCC#N)CC1. The summed E-state index contributed by atoms with van der Waals surface area (Å²) < 4.78 is 0. The van der Waals surface area contributed by atoms with Crippen molar-refractivity contribution < 1.29 is 4.79 Å². The third-order valence-corrected chi connectivity index (χ3v) is 3.13. The van der Waals surface area contributed by atoms with Crippen molar-refractivity contribution in [2.75, 3.05) is 13.1 Å². The van der Waals surface area contributed by atoms with Crippen LogP contribution < -0.4 is 10.6 Å². The van der Waals surface area contributed by atoms with Crippen LogP contribution in [0.4, 0.5) is 0 Å². The van der Waals surface area contributed by atoms with Crippen molar-refractivity contribution in [1.29, 1.82) is 5.26 Å². The first-order chi connectivity index (χ1) is 7.72. The lowest BCUT2D eigenvalue weighted by Crippen LogP contribution is -2.40. The number of hydrogen-bond acceptors (Lipinski definition) is 3. The van der Waals surface area contributed by atoms with Gasteiger partial charge in [-0.1, -0.05) is 6.92 Å². The Bertz CT molecular complexity index is 251. The molecule has 0 radical (unpaired) electrons. The fourth-order valence-corrected chi connectivity index (χ4v) is 2.02. The van der Waals surface area contributed by atoms with Crippen molar-refractivity contribution in [3.63, 3.8) is 0 Å². The van der Waals surface area contributed by atoms with Crippen molar-refractivity contribution in [3.8, 4) is 6.07 Å². The maximum absolute atomic E-state index is 11.3. The molecule has 0 unspecified atom stereocenters. The van der Waals surface area contributed by atoms with Gasteiger partial charge >= 0.3 is 0 Å². The summed E-state index contributed by atoms with van der Waals surface area (Å²) in [5.41, 5.74) is 0. The second-order valence-corrected chi connectivity index (χ2v) is 4.60. The fraction of sp³-hybridized carbons (Fsp3) is 0.833. The number of amides is 1. The van der Waals surface area contributed by atoms with Crippen molar-refractivity contribution in [2.24, 2.45) is 5.92 Å². The van der Waals surface area contributed by atoms with Crippen LogP contribution in [0.5, 0.6) is 0 Å². The number of carbonyl (C=O) groups excluding carboxylic acids is 1. The first-order valence-electron chi connectivity index (χ1n) is 6.09. The van der Waals surface area contributed by atoms with E-state index in [0.29, 0.717) is 25.6 Å². The van der Waals surface area contributed by atoms with E-state index in [1.807, 2.05) is 6.07 Å². The van der Waals surface area contributed by atoms with Gasteiger partial charge in [-0.15, -0.1) is 0 Å². The van der Waals surface area contributed by atoms with E-state index < -0.39 is 0 Å². The van der Waals surface area contributed by atoms with Gasteiger partial charge in [0.15, 0.2) is 0 Å². The van der Waals surface area contributed by atoms with Gasteiger partial charge in [0.25, 0.3) is 0 Å². The van der Waals surface area contributed by atoms with E-state index in [0.717, 1.165) is 5.92 Å². The average Bonchev–Trinajstić information content (AvgIpc) is 2.29. The highest BCUT2D eigenvalue weighted by atomic mass is 16.1. The van der Waals surface area contributed by atoms with Gasteiger partial charge in [-0.25, -0.2) is 0 Å². The molecular weight excluding hydrogens is 202 g/mol. The van der Waals surface area contributed by atoms with Gasteiger partial charge in [-0.2, -0.15) is 5.26 Å². The lowest BCUT2D eigenvalue weighted by atomic mass is 9.87. The second kappa shape index (κ2) is 7.24. The van der Waals surface area contributed by atoms with Crippen LogP contribution in [0, 0.1) is 17.2 Å². The normalized spacial score (nSPS) is 24.8. The molecule has 1 saturated carbocycles. The standard InChI is InChI=1S/C12H21N3O/c1-10-3-5-11(6-4-10)15-9-12(16)14-8-2-7-13/h10-11,15H,2-6,8-9H2,1H3,(H,14,16). The smallest absolute Gasteiger partial charge is 0.233 e. The summed E-state index contributed by atoms with van der Waals surface area (Å²) in [4.78, 5) is 11.3. The molecule has 2 N–H and O–H groups in total. The minimum Gasteiger partial charge on any atom is -0.354 e. The van der Waals surface area contributed by atoms with E-state index in [1.54, 1.807) is 0 Å². The molecule has 1 aliphatic rings. The predicted molar refractivity (Wildman–Crippen MR) is 62.7 cm³/mol. The van der Waals surface area contributed by atoms with Gasteiger partial charge in [0.05, 0.1) is 19.0 Å². The Labute approximate surface area is 97.4 Å². The molecule has 0 atom stereocenters. The van der Waals surface area contributed by atoms with Crippen LogP contribution in [0.3, 0.4) is 0 Å². The van der Waals surface area contributed by atoms with E-state index in [2.05, 4.69) is 17.6 Å². The topological polar surface area (TPSA) is 64.9 Å². The Kier molecular flexibility index (Phi) is 5.87. The lowest BCUT2D eigenvalue weighted by Gasteiger charge is -2.26. The molecule has 0 spiro atoms. The largest absolute Gasteiger partial charge is 0.354 e. The summed E-state index contributed by atoms with van der Waals surface area (Å²) in [5, 5.41) is 14.3. The monoisotopic (exact) mass is 223 g/mol. The molecule has 0 heterocycles. The zero-order chi connectivity index (χ0) is 11.8. The van der Waals surface area contributed by atoms with Crippen LogP contribution in [0.1, 0.15) is 39.0 Å². The van der Waals surface area contributed by atoms with Crippen LogP contribution in [-0.4, -0.2) is 25.0 Å². The van der Waals surface area contributed by atoms with Gasteiger partial charge < -0.3 is 10.6 Å². The van der Waals surface area contributed by atoms with Crippen LogP contribution in [0.15, 0.2) is 0 Å². The molecule has 90 valence electrons. The molecule has 1 amide bonds. The molecule has 16 heavy (non-hydrogen) atoms. The molecule has 0 bridgehead atoms. The second-order valence-electron chi connectivity index (χ2n) is 4.60. The number of nitriles is 1. The third-order valence-electron chi connectivity index (χ3n) is 3.13. The molecule has 0 aliphatic heterocycles. The molecule has 0 aromatic rings. The van der Waals surface area contributed by atoms with Crippen molar-refractivity contribution in [1.82, 2.24) is 10.6 Å². The van der Waals surface area contributed by atoms with Crippen LogP contribution in [0.25, 0.3) is 0 Å². The van der Waals surface area contributed by atoms with E-state index in [1.165, 1.54) is 25.7 Å². The minimum absolute atomic E-state index is 0.00567. The molecule has 0 aromatic heterocycles. The van der Waals surface area contributed by atoms with Crippen molar-refractivity contribution in [2.45, 2.75) is 45.1 Å². The van der Waals surface area contributed by atoms with Gasteiger partial charge in [-0.05, 0) is 31.6 Å². The molecule has 1 aliphatic carbocycles. The van der Waals surface area contributed by atoms with E-state index in [9.17, 15) is 4.79 Å². The van der Waals surface area contributed by atoms with E-state index in [4.69, 9.17) is 5.26 Å². The summed E-state index contributed by atoms with van der Waals surface area (Å²) in [7, 11) is 0. The quantitative estimate of drug-likeness (QED) is 0.688. The minimum atomic E-state index is -0.00567. The number of carbonyl (C=O) groups is 1. The summed E-state index contributed by atoms with van der Waals surface area (Å²) in [6.07, 6.45) is 5.24. The Morgan fingerprint density at radius 2 is 2.06 bits per heavy atom. The van der Waals surface area contributed by atoms with E-state index >= 15 is 0 Å². The number of nitrogens with zero attached hydrogens (tertiary/aromatic N) is 1. The Morgan fingerprint density at radius 1 is 1.38 bits per heavy atom. The number of nitrogens with one attached hydrogen (secondary N) is 2. The molecule has 1 fully saturated rings. The molecule has 0 saturated heterocycles. The third kappa shape index (κ3) is 5.13. The zero-order valence-corrected chi connectivity index (χ0v) is 9.96. The zero-order valence-electron chi connectivity index (χ0n) is 9.96. The summed E-state index contributed by atoms with van der Waals surface area (Å²) >= 11 is 0. The van der Waals surface area contributed by atoms with Crippen molar-refractivity contribution >= 4 is 5.91 Å². The highest BCUT2D eigenvalue weighted by Crippen LogP contribution is 2.23. The Morgan fingerprint density at radius 3 is 2.69 bits per heavy atom. The van der Waals surface area contributed by atoms with Gasteiger partial charge in [0.2, 0.25) is 5.91 Å². The first kappa shape index (κ1) is 13.0. The predicted octanol–water partition coefficient (Wildman–Crippen LogP) is 1.18. The lowest BCUT2D eigenvalue weighted by molar-refractivity contribution is -0.120. The highest BCUT2D eigenvalue weighted by Gasteiger charge is 2.17. The first-order valence-corrected chi connectivity index (χ1v) is 6.09. The molecule has 1 rings (SSSR count). The molecule has 0 aromatic carbocycles. The number of rotatable bonds is 5. The maximum atomic E-state index is 11.3. The van der Waals surface area contributed by atoms with E-state index in [-0.39, 0.29) is 5.91 Å². The Balaban J connectivity index is 2.05. The maximum Gasteiger partial charge on any atom is 0.233 e. The van der Waals surface area contributed by atoms with Gasteiger partial charge in [0.1, 0.15) is 0 Å². The summed E-state index contributed by atoms with van der Waals surface area (Å²) in [5.74, 6) is 0.830. The molecule has 4 nitrogen and oxygen atoms in total. The van der Waals surface area contributed by atoms with Crippen LogP contribution in [0.2, 0.25) is 0 Å². The van der Waals surface area contributed by atoms with Gasteiger partial charge in [-0.3, -0.25) is 4.79 Å². The fourth-order valence-electron chi connectivity index (χ4n) is 2.02. The summed E-state index contributed by atoms with van der Waals surface area (Å²) in [6.45, 7) is 3.12. The van der Waals surface area contributed by atoms with Gasteiger partial charge in [0, 0.05) is 12.6 Å². The van der Waals surface area contributed by atoms with Crippen LogP contribution in [-0.2, 0) is 4.79 Å². The van der Waals surface area contributed by atoms with Crippen molar-refractivity contribution in [3.05, 3.63) is 0 Å². The van der Waals surface area contributed by atoms with Crippen LogP contribution >= 0.6 is 0 Å². The highest BCUT2D eigenvalue weighted by molar-refractivity contribution is 5.77. The molecule has 4 heteroatoms. The molecular formula is C12H21N3O.